The van der Waals surface area contributed by atoms with E-state index in [-0.39, 0.29) is 17.6 Å². The van der Waals surface area contributed by atoms with Gasteiger partial charge in [-0.2, -0.15) is 0 Å². The molecule has 0 heterocycles. The van der Waals surface area contributed by atoms with Crippen LogP contribution in [0, 0.1) is 0 Å². The Labute approximate surface area is 221 Å². The van der Waals surface area contributed by atoms with Crippen LogP contribution in [0.1, 0.15) is 137 Å². The Kier molecular flexibility index (Phi) is 17.5. The molecule has 0 amide bonds. The van der Waals surface area contributed by atoms with Crippen molar-refractivity contribution in [2.75, 3.05) is 0 Å². The Bertz CT molecular complexity index is 766. The second-order valence-electron chi connectivity index (χ2n) is 10.5. The van der Waals surface area contributed by atoms with Crippen LogP contribution >= 0.6 is 0 Å². The standard InChI is InChI=1S/C18H36O2.2C4H5O.C3H7O.O.Ti/c1-2-3-4-5-6-7-8-9-10-11-12-13-14-15-16-17-18(19)20;2*1-4(2)3-5;1-3(2)4;;/h2-17H2,1H3,(H,19,20);2*1H2,2H3;3H,1-2H3;;/q;;;-1;;+2/p-1. The Morgan fingerprint density at radius 1 is 0.667 bits per heavy atom. The van der Waals surface area contributed by atoms with E-state index in [0.29, 0.717) is 6.42 Å². The summed E-state index contributed by atoms with van der Waals surface area (Å²) >= 11 is -6.82. The summed E-state index contributed by atoms with van der Waals surface area (Å²) in [5, 5.41) is 0. The average molecular weight is 545 g/mol. The monoisotopic (exact) mass is 544 g/mol. The van der Waals surface area contributed by atoms with Crippen LogP contribution in [0.3, 0.4) is 0 Å². The molecule has 0 rings (SSSR count). The maximum atomic E-state index is 14.0. The maximum absolute atomic E-state index is 14.0. The molecule has 36 heavy (non-hydrogen) atoms. The van der Waals surface area contributed by atoms with E-state index in [9.17, 15) is 17.7 Å². The molecular weight excluding hydrogens is 492 g/mol. The van der Waals surface area contributed by atoms with Gasteiger partial charge >= 0.3 is 177 Å². The summed E-state index contributed by atoms with van der Waals surface area (Å²) in [6, 6.07) is 0. The predicted molar refractivity (Wildman–Crippen MR) is 142 cm³/mol. The van der Waals surface area contributed by atoms with Gasteiger partial charge < -0.3 is 0 Å². The molecule has 0 aromatic rings. The van der Waals surface area contributed by atoms with Gasteiger partial charge in [-0.15, -0.1) is 0 Å². The third kappa shape index (κ3) is 12.3. The first-order valence-electron chi connectivity index (χ1n) is 14.1. The van der Waals surface area contributed by atoms with Crippen molar-refractivity contribution < 1.29 is 40.4 Å². The minimum absolute atomic E-state index is 0.0335. The zero-order chi connectivity index (χ0) is 27.6. The molecule has 0 saturated carbocycles. The van der Waals surface area contributed by atoms with Crippen LogP contribution < -0.4 is 0 Å². The SMILES string of the molecule is C=C(C)[C](=O)[Ti](=[O])([O]C(=O)CCCCCCCCCCCCCCCCC)([O]C(C)C)[C](=O)C(=C)C. The molecule has 0 aliphatic carbocycles. The fourth-order valence-corrected chi connectivity index (χ4v) is 9.85. The van der Waals surface area contributed by atoms with Crippen molar-refractivity contribution >= 4 is 14.1 Å². The summed E-state index contributed by atoms with van der Waals surface area (Å²) in [6.45, 7) is 15.0. The number of rotatable bonds is 23. The van der Waals surface area contributed by atoms with Crippen molar-refractivity contribution in [2.45, 2.75) is 143 Å². The van der Waals surface area contributed by atoms with Crippen LogP contribution in [0.25, 0.3) is 0 Å². The van der Waals surface area contributed by atoms with Gasteiger partial charge in [0, 0.05) is 0 Å². The molecule has 0 aliphatic heterocycles. The molecule has 0 fully saturated rings. The number of hydrogen-bond acceptors (Lipinski definition) is 6. The molecule has 0 aromatic heterocycles. The van der Waals surface area contributed by atoms with E-state index in [0.717, 1.165) is 19.3 Å². The van der Waals surface area contributed by atoms with Gasteiger partial charge in [-0.25, -0.2) is 0 Å². The van der Waals surface area contributed by atoms with Crippen molar-refractivity contribution in [3.05, 3.63) is 24.3 Å². The molecule has 7 heteroatoms. The summed E-state index contributed by atoms with van der Waals surface area (Å²) < 4.78 is 22.5. The molecule has 0 aliphatic rings. The van der Waals surface area contributed by atoms with Crippen molar-refractivity contribution in [1.29, 1.82) is 0 Å². The van der Waals surface area contributed by atoms with Gasteiger partial charge in [-0.1, -0.05) is 45.4 Å². The van der Waals surface area contributed by atoms with E-state index < -0.39 is 36.3 Å². The van der Waals surface area contributed by atoms with Crippen LogP contribution in [0.5, 0.6) is 0 Å². The Hall–Kier alpha value is -1.24. The summed E-state index contributed by atoms with van der Waals surface area (Å²) in [4.78, 5) is 38.5. The summed E-state index contributed by atoms with van der Waals surface area (Å²) in [6.07, 6.45) is 17.1. The Morgan fingerprint density at radius 2 is 1.00 bits per heavy atom. The van der Waals surface area contributed by atoms with E-state index in [2.05, 4.69) is 20.1 Å². The van der Waals surface area contributed by atoms with Crippen LogP contribution in [0.4, 0.5) is 0 Å². The van der Waals surface area contributed by atoms with E-state index in [1.54, 1.807) is 0 Å². The Morgan fingerprint density at radius 3 is 1.31 bits per heavy atom. The predicted octanol–water partition coefficient (Wildman–Crippen LogP) is 8.29. The number of carbonyl (C=O) groups excluding carboxylic acids is 3. The molecule has 6 nitrogen and oxygen atoms in total. The Balaban J connectivity index is 4.46. The van der Waals surface area contributed by atoms with Crippen LogP contribution in [0.15, 0.2) is 24.3 Å². The second kappa shape index (κ2) is 18.1. The minimum atomic E-state index is -6.82. The summed E-state index contributed by atoms with van der Waals surface area (Å²) in [5.41, 5.74) is -0.311. The van der Waals surface area contributed by atoms with Crippen LogP contribution in [-0.4, -0.2) is 20.2 Å². The number of carbonyl (C=O) groups is 3. The molecule has 0 atom stereocenters. The van der Waals surface area contributed by atoms with E-state index >= 15 is 0 Å². The van der Waals surface area contributed by atoms with E-state index in [4.69, 9.17) is 6.64 Å². The number of unbranched alkanes of at least 4 members (excludes halogenated alkanes) is 14. The molecule has 208 valence electrons. The average Bonchev–Trinajstić information content (AvgIpc) is 2.79. The third-order valence-corrected chi connectivity index (χ3v) is 12.4. The van der Waals surface area contributed by atoms with Crippen molar-refractivity contribution in [2.24, 2.45) is 0 Å². The van der Waals surface area contributed by atoms with Crippen LogP contribution in [-0.2, 0) is 40.4 Å². The molecule has 0 unspecified atom stereocenters. The quantitative estimate of drug-likeness (QED) is 0.0731. The normalized spacial score (nSPS) is 12.0. The first-order chi connectivity index (χ1) is 16.9. The second-order valence-corrected chi connectivity index (χ2v) is 15.7. The van der Waals surface area contributed by atoms with E-state index in [1.807, 2.05) is 0 Å². The van der Waals surface area contributed by atoms with Crippen molar-refractivity contribution in [3.63, 3.8) is 0 Å². The topological polar surface area (TPSA) is 86.7 Å². The third-order valence-electron chi connectivity index (χ3n) is 6.29. The van der Waals surface area contributed by atoms with Crippen molar-refractivity contribution in [1.82, 2.24) is 0 Å². The molecule has 0 radical (unpaired) electrons. The fraction of sp³-hybridized carbons (Fsp3) is 0.759. The van der Waals surface area contributed by atoms with Gasteiger partial charge in [0.1, 0.15) is 0 Å². The van der Waals surface area contributed by atoms with E-state index in [1.165, 1.54) is 98.3 Å². The molecule has 0 saturated heterocycles. The van der Waals surface area contributed by atoms with Gasteiger partial charge in [0.05, 0.1) is 0 Å². The van der Waals surface area contributed by atoms with Gasteiger partial charge in [0.25, 0.3) is 0 Å². The van der Waals surface area contributed by atoms with Gasteiger partial charge in [-0.05, 0) is 0 Å². The van der Waals surface area contributed by atoms with Gasteiger partial charge in [0.15, 0.2) is 0 Å². The van der Waals surface area contributed by atoms with Crippen molar-refractivity contribution in [3.8, 4) is 0 Å². The molecule has 0 aromatic carbocycles. The zero-order valence-electron chi connectivity index (χ0n) is 23.8. The zero-order valence-corrected chi connectivity index (χ0v) is 25.3. The van der Waals surface area contributed by atoms with Gasteiger partial charge in [-0.3, -0.25) is 0 Å². The molecular formula is C29H52O6Ti. The summed E-state index contributed by atoms with van der Waals surface area (Å²) in [5.74, 6) is -0.860. The molecule has 0 spiro atoms. The molecule has 0 bridgehead atoms. The number of hydrogen-bond donors (Lipinski definition) is 0. The van der Waals surface area contributed by atoms with Crippen LogP contribution in [0.2, 0.25) is 0 Å². The molecule has 0 N–H and O–H groups in total. The first kappa shape index (κ1) is 34.8. The number of allylic oxidation sites excluding steroid dienone is 2. The van der Waals surface area contributed by atoms with Gasteiger partial charge in [0.2, 0.25) is 0 Å². The summed E-state index contributed by atoms with van der Waals surface area (Å²) in [7, 11) is 0. The first-order valence-corrected chi connectivity index (χ1v) is 17.6. The fourth-order valence-electron chi connectivity index (χ4n) is 4.39.